The Balaban J connectivity index is 0.000000595. The molecule has 0 atom stereocenters. The van der Waals surface area contributed by atoms with E-state index in [9.17, 15) is 13.2 Å². The average molecular weight is 393 g/mol. The molecule has 1 aliphatic rings. The quantitative estimate of drug-likeness (QED) is 0.528. The predicted octanol–water partition coefficient (Wildman–Crippen LogP) is 6.26. The molecule has 0 unspecified atom stereocenters. The molecule has 0 radical (unpaired) electrons. The van der Waals surface area contributed by atoms with Crippen LogP contribution < -0.4 is 0 Å². The number of hydrogen-bond donors (Lipinski definition) is 0. The average Bonchev–Trinajstić information content (AvgIpc) is 2.91. The molecule has 1 aliphatic carbocycles. The van der Waals surface area contributed by atoms with Crippen LogP contribution in [0.4, 0.5) is 13.2 Å². The summed E-state index contributed by atoms with van der Waals surface area (Å²) in [6.45, 7) is 0. The molecule has 0 heterocycles. The van der Waals surface area contributed by atoms with Gasteiger partial charge >= 0.3 is 41.8 Å². The molecular weight excluding hydrogens is 380 g/mol. The fourth-order valence-corrected chi connectivity index (χ4v) is 2.53. The zero-order valence-corrected chi connectivity index (χ0v) is 15.1. The Hall–Kier alpha value is -0.736. The molecule has 0 bridgehead atoms. The Morgan fingerprint density at radius 2 is 1.57 bits per heavy atom. The molecule has 0 saturated carbocycles. The molecule has 0 saturated heterocycles. The van der Waals surface area contributed by atoms with Gasteiger partial charge < -0.3 is 0 Å². The van der Waals surface area contributed by atoms with E-state index in [0.29, 0.717) is 5.56 Å². The number of rotatable bonds is 2. The van der Waals surface area contributed by atoms with Crippen molar-refractivity contribution in [1.82, 2.24) is 0 Å². The van der Waals surface area contributed by atoms with Gasteiger partial charge in [-0.3, -0.25) is 0 Å². The van der Waals surface area contributed by atoms with E-state index in [2.05, 4.69) is 18.2 Å². The van der Waals surface area contributed by atoms with Crippen LogP contribution in [0.2, 0.25) is 0 Å². The van der Waals surface area contributed by atoms with E-state index in [0.717, 1.165) is 17.6 Å². The monoisotopic (exact) mass is 392 g/mol. The molecule has 3 rings (SSSR count). The summed E-state index contributed by atoms with van der Waals surface area (Å²) in [6, 6.07) is 14.8. The summed E-state index contributed by atoms with van der Waals surface area (Å²) >= 11 is -0.556. The molecule has 23 heavy (non-hydrogen) atoms. The van der Waals surface area contributed by atoms with E-state index >= 15 is 0 Å². The molecule has 0 amide bonds. The third-order valence-corrected chi connectivity index (χ3v) is 3.50. The number of allylic oxidation sites excluding steroid dienone is 1. The second-order valence-electron chi connectivity index (χ2n) is 5.11. The van der Waals surface area contributed by atoms with E-state index in [1.54, 1.807) is 24.3 Å². The fraction of sp³-hybridized carbons (Fsp3) is 0.176. The first-order valence-electron chi connectivity index (χ1n) is 6.84. The number of hydrogen-bond acceptors (Lipinski definition) is 0. The van der Waals surface area contributed by atoms with Crippen molar-refractivity contribution in [3.05, 3.63) is 70.8 Å². The van der Waals surface area contributed by atoms with Gasteiger partial charge in [0.1, 0.15) is 0 Å². The van der Waals surface area contributed by atoms with E-state index in [4.69, 9.17) is 18.6 Å². The summed E-state index contributed by atoms with van der Waals surface area (Å²) in [5.41, 5.74) is 4.91. The minimum atomic E-state index is -4.15. The maximum absolute atomic E-state index is 12.3. The SMILES string of the molecule is FC(F)(F)Cc1ccc(C2=Cc3ccccc3C2)cc1.[Cl][Ti][Cl]. The Bertz CT molecular complexity index is 679. The van der Waals surface area contributed by atoms with Gasteiger partial charge in [-0.2, -0.15) is 13.2 Å². The van der Waals surface area contributed by atoms with E-state index in [1.807, 2.05) is 12.1 Å². The topological polar surface area (TPSA) is 0 Å². The van der Waals surface area contributed by atoms with E-state index in [1.165, 1.54) is 11.1 Å². The van der Waals surface area contributed by atoms with E-state index < -0.39 is 29.6 Å². The third-order valence-electron chi connectivity index (χ3n) is 3.50. The Labute approximate surface area is 150 Å². The van der Waals surface area contributed by atoms with Gasteiger partial charge in [-0.15, -0.1) is 0 Å². The standard InChI is InChI=1S/C17H13F3.2ClH.Ti/c18-17(19,20)11-12-5-7-13(8-6-12)16-9-14-3-1-2-4-15(14)10-16;;;/h1-9H,10-11H2;2*1H;/q;;;+2/p-2. The van der Waals surface area contributed by atoms with Crippen LogP contribution in [0, 0.1) is 0 Å². The first-order chi connectivity index (χ1) is 10.9. The van der Waals surface area contributed by atoms with Crippen molar-refractivity contribution >= 4 is 30.3 Å². The molecule has 2 aromatic rings. The van der Waals surface area contributed by atoms with Crippen LogP contribution in [-0.4, -0.2) is 6.18 Å². The molecule has 0 spiro atoms. The molecule has 0 N–H and O–H groups in total. The number of alkyl halides is 3. The Morgan fingerprint density at radius 3 is 2.13 bits per heavy atom. The van der Waals surface area contributed by atoms with Gasteiger partial charge in [-0.05, 0) is 34.2 Å². The van der Waals surface area contributed by atoms with Crippen LogP contribution in [0.15, 0.2) is 48.5 Å². The third kappa shape index (κ3) is 5.68. The van der Waals surface area contributed by atoms with Gasteiger partial charge in [0.25, 0.3) is 0 Å². The summed E-state index contributed by atoms with van der Waals surface area (Å²) in [6.07, 6.45) is -2.07. The van der Waals surface area contributed by atoms with Crippen LogP contribution >= 0.6 is 18.6 Å². The fourth-order valence-electron chi connectivity index (χ4n) is 2.53. The van der Waals surface area contributed by atoms with Gasteiger partial charge in [0.15, 0.2) is 0 Å². The summed E-state index contributed by atoms with van der Waals surface area (Å²) < 4.78 is 36.9. The zero-order chi connectivity index (χ0) is 16.9. The summed E-state index contributed by atoms with van der Waals surface area (Å²) in [4.78, 5) is 0. The Kier molecular flexibility index (Phi) is 6.78. The second-order valence-corrected chi connectivity index (χ2v) is 7.68. The predicted molar refractivity (Wildman–Crippen MR) is 85.9 cm³/mol. The molecular formula is C17H13Cl2F3Ti. The van der Waals surface area contributed by atoms with Crippen molar-refractivity contribution < 1.29 is 30.2 Å². The number of fused-ring (bicyclic) bond motifs is 1. The molecule has 0 aliphatic heterocycles. The van der Waals surface area contributed by atoms with Crippen LogP contribution in [0.5, 0.6) is 0 Å². The second kappa shape index (κ2) is 8.39. The Morgan fingerprint density at radius 1 is 0.957 bits per heavy atom. The molecule has 2 aromatic carbocycles. The van der Waals surface area contributed by atoms with Crippen molar-refractivity contribution in [2.45, 2.75) is 19.0 Å². The normalized spacial score (nSPS) is 12.8. The number of halogens is 5. The van der Waals surface area contributed by atoms with Gasteiger partial charge in [0.05, 0.1) is 6.42 Å². The van der Waals surface area contributed by atoms with Crippen molar-refractivity contribution in [2.24, 2.45) is 0 Å². The van der Waals surface area contributed by atoms with Gasteiger partial charge in [0.2, 0.25) is 0 Å². The van der Waals surface area contributed by atoms with Crippen LogP contribution in [0.1, 0.15) is 22.3 Å². The van der Waals surface area contributed by atoms with Crippen molar-refractivity contribution in [3.8, 4) is 0 Å². The molecule has 6 heteroatoms. The van der Waals surface area contributed by atoms with Crippen molar-refractivity contribution in [3.63, 3.8) is 0 Å². The summed E-state index contributed by atoms with van der Waals surface area (Å²) in [5, 5.41) is 0. The summed E-state index contributed by atoms with van der Waals surface area (Å²) in [5.74, 6) is 0. The molecule has 0 aromatic heterocycles. The molecule has 0 nitrogen and oxygen atoms in total. The zero-order valence-electron chi connectivity index (χ0n) is 12.0. The van der Waals surface area contributed by atoms with Crippen LogP contribution in [0.25, 0.3) is 11.6 Å². The first kappa shape index (κ1) is 18.6. The van der Waals surface area contributed by atoms with E-state index in [-0.39, 0.29) is 0 Å². The van der Waals surface area contributed by atoms with Crippen LogP contribution in [-0.2, 0) is 29.9 Å². The van der Waals surface area contributed by atoms with Gasteiger partial charge in [-0.1, -0.05) is 54.6 Å². The van der Waals surface area contributed by atoms with Crippen LogP contribution in [0.3, 0.4) is 0 Å². The first-order valence-corrected chi connectivity index (χ1v) is 11.1. The van der Waals surface area contributed by atoms with Gasteiger partial charge in [-0.25, -0.2) is 0 Å². The van der Waals surface area contributed by atoms with Gasteiger partial charge in [0, 0.05) is 0 Å². The minimum absolute atomic E-state index is 0.303. The number of benzene rings is 2. The van der Waals surface area contributed by atoms with Crippen molar-refractivity contribution in [1.29, 1.82) is 0 Å². The maximum atomic E-state index is 12.3. The summed E-state index contributed by atoms with van der Waals surface area (Å²) in [7, 11) is 9.78. The van der Waals surface area contributed by atoms with Crippen molar-refractivity contribution in [2.75, 3.05) is 0 Å². The molecule has 120 valence electrons. The molecule has 0 fully saturated rings.